The summed E-state index contributed by atoms with van der Waals surface area (Å²) in [6.07, 6.45) is 6.21. The lowest BCUT2D eigenvalue weighted by Gasteiger charge is -2.20. The number of nitro groups is 1. The third-order valence-electron chi connectivity index (χ3n) is 3.39. The number of hydrogen-bond acceptors (Lipinski definition) is 6. The lowest BCUT2D eigenvalue weighted by Crippen LogP contribution is -2.27. The molecule has 1 aromatic heterocycles. The van der Waals surface area contributed by atoms with Gasteiger partial charge in [0.1, 0.15) is 17.6 Å². The van der Waals surface area contributed by atoms with Gasteiger partial charge in [-0.25, -0.2) is 9.78 Å². The van der Waals surface area contributed by atoms with E-state index in [1.54, 1.807) is 11.8 Å². The molecular weight excluding hydrogens is 282 g/mol. The highest BCUT2D eigenvalue weighted by atomic mass is 32.2. The van der Waals surface area contributed by atoms with Crippen LogP contribution >= 0.6 is 11.8 Å². The Balaban J connectivity index is 2.27. The number of thioether (sulfide) groups is 1. The Bertz CT molecular complexity index is 537. The van der Waals surface area contributed by atoms with E-state index in [9.17, 15) is 14.9 Å². The first kappa shape index (κ1) is 14.6. The molecule has 8 heteroatoms. The molecule has 0 amide bonds. The van der Waals surface area contributed by atoms with E-state index in [2.05, 4.69) is 10.3 Å². The van der Waals surface area contributed by atoms with Gasteiger partial charge >= 0.3 is 5.97 Å². The van der Waals surface area contributed by atoms with Crippen molar-refractivity contribution in [2.24, 2.45) is 0 Å². The second-order valence-electron chi connectivity index (χ2n) is 4.61. The second-order valence-corrected chi connectivity index (χ2v) is 5.68. The highest BCUT2D eigenvalue weighted by Crippen LogP contribution is 2.31. The van der Waals surface area contributed by atoms with Crippen molar-refractivity contribution in [1.29, 1.82) is 0 Å². The molecule has 20 heavy (non-hydrogen) atoms. The summed E-state index contributed by atoms with van der Waals surface area (Å²) in [6, 6.07) is 1.19. The van der Waals surface area contributed by atoms with Crippen LogP contribution in [-0.2, 0) is 0 Å². The molecule has 7 nitrogen and oxygen atoms in total. The first-order chi connectivity index (χ1) is 9.52. The fourth-order valence-corrected chi connectivity index (χ4v) is 3.32. The number of nitrogens with one attached hydrogen (secondary N) is 1. The van der Waals surface area contributed by atoms with E-state index in [-0.39, 0.29) is 23.1 Å². The number of anilines is 1. The van der Waals surface area contributed by atoms with Crippen molar-refractivity contribution in [3.8, 4) is 0 Å². The van der Waals surface area contributed by atoms with Crippen LogP contribution in [0.25, 0.3) is 0 Å². The van der Waals surface area contributed by atoms with Crippen molar-refractivity contribution in [3.05, 3.63) is 27.9 Å². The Kier molecular flexibility index (Phi) is 4.43. The zero-order valence-electron chi connectivity index (χ0n) is 10.9. The molecule has 2 unspecified atom stereocenters. The molecule has 1 fully saturated rings. The molecule has 0 aliphatic heterocycles. The molecule has 2 N–H and O–H groups in total. The topological polar surface area (TPSA) is 105 Å². The number of rotatable bonds is 5. The quantitative estimate of drug-likeness (QED) is 0.635. The van der Waals surface area contributed by atoms with Crippen LogP contribution in [0, 0.1) is 10.1 Å². The SMILES string of the molecule is CSC1CCCC1Nc1ncc([N+](=O)[O-])cc1C(=O)O. The van der Waals surface area contributed by atoms with Crippen molar-refractivity contribution in [3.63, 3.8) is 0 Å². The highest BCUT2D eigenvalue weighted by molar-refractivity contribution is 7.99. The van der Waals surface area contributed by atoms with E-state index >= 15 is 0 Å². The van der Waals surface area contributed by atoms with E-state index < -0.39 is 10.9 Å². The van der Waals surface area contributed by atoms with Gasteiger partial charge in [0.15, 0.2) is 0 Å². The summed E-state index contributed by atoms with van der Waals surface area (Å²) in [7, 11) is 0. The van der Waals surface area contributed by atoms with E-state index in [0.717, 1.165) is 31.5 Å². The van der Waals surface area contributed by atoms with E-state index in [0.29, 0.717) is 5.25 Å². The number of carboxylic acids is 1. The first-order valence-corrected chi connectivity index (χ1v) is 7.48. The van der Waals surface area contributed by atoms with Gasteiger partial charge in [0.05, 0.1) is 4.92 Å². The number of nitrogens with zero attached hydrogens (tertiary/aromatic N) is 2. The molecule has 2 atom stereocenters. The first-order valence-electron chi connectivity index (χ1n) is 6.20. The molecule has 0 bridgehead atoms. The largest absolute Gasteiger partial charge is 0.478 e. The molecule has 1 aromatic rings. The molecule has 1 saturated carbocycles. The molecule has 0 saturated heterocycles. The smallest absolute Gasteiger partial charge is 0.339 e. The summed E-state index contributed by atoms with van der Waals surface area (Å²) in [6.45, 7) is 0. The lowest BCUT2D eigenvalue weighted by molar-refractivity contribution is -0.385. The molecule has 1 heterocycles. The predicted molar refractivity (Wildman–Crippen MR) is 76.4 cm³/mol. The van der Waals surface area contributed by atoms with Crippen molar-refractivity contribution in [2.75, 3.05) is 11.6 Å². The number of hydrogen-bond donors (Lipinski definition) is 2. The summed E-state index contributed by atoms with van der Waals surface area (Å²) < 4.78 is 0. The maximum atomic E-state index is 11.2. The van der Waals surface area contributed by atoms with Crippen LogP contribution in [0.4, 0.5) is 11.5 Å². The summed E-state index contributed by atoms with van der Waals surface area (Å²) in [4.78, 5) is 25.2. The molecule has 0 spiro atoms. The van der Waals surface area contributed by atoms with Crippen molar-refractivity contribution >= 4 is 29.2 Å². The van der Waals surface area contributed by atoms with E-state index in [1.807, 2.05) is 6.26 Å². The molecule has 1 aliphatic rings. The van der Waals surface area contributed by atoms with Gasteiger partial charge in [-0.3, -0.25) is 10.1 Å². The Morgan fingerprint density at radius 2 is 2.35 bits per heavy atom. The Labute approximate surface area is 119 Å². The fraction of sp³-hybridized carbons (Fsp3) is 0.500. The van der Waals surface area contributed by atoms with Crippen LogP contribution in [0.5, 0.6) is 0 Å². The molecule has 108 valence electrons. The van der Waals surface area contributed by atoms with Crippen LogP contribution < -0.4 is 5.32 Å². The predicted octanol–water partition coefficient (Wildman–Crippen LogP) is 2.38. The zero-order valence-corrected chi connectivity index (χ0v) is 11.7. The van der Waals surface area contributed by atoms with Crippen molar-refractivity contribution < 1.29 is 14.8 Å². The molecule has 0 radical (unpaired) electrons. The summed E-state index contributed by atoms with van der Waals surface area (Å²) in [5.74, 6) is -1.02. The monoisotopic (exact) mass is 297 g/mol. The van der Waals surface area contributed by atoms with Crippen molar-refractivity contribution in [1.82, 2.24) is 4.98 Å². The van der Waals surface area contributed by atoms with E-state index in [4.69, 9.17) is 5.11 Å². The fourth-order valence-electron chi connectivity index (χ4n) is 2.38. The third-order valence-corrected chi connectivity index (χ3v) is 4.56. The third kappa shape index (κ3) is 3.01. The Hall–Kier alpha value is -1.83. The van der Waals surface area contributed by atoms with Gasteiger partial charge in [0.2, 0.25) is 0 Å². The van der Waals surface area contributed by atoms with Crippen molar-refractivity contribution in [2.45, 2.75) is 30.6 Å². The van der Waals surface area contributed by atoms with Gasteiger partial charge in [-0.1, -0.05) is 6.42 Å². The van der Waals surface area contributed by atoms with Gasteiger partial charge in [0.25, 0.3) is 5.69 Å². The van der Waals surface area contributed by atoms with Crippen LogP contribution in [0.15, 0.2) is 12.3 Å². The summed E-state index contributed by atoms with van der Waals surface area (Å²) in [5.41, 5.74) is -0.480. The van der Waals surface area contributed by atoms with Gasteiger partial charge in [-0.15, -0.1) is 0 Å². The second kappa shape index (κ2) is 6.08. The number of aromatic carboxylic acids is 1. The standard InChI is InChI=1S/C12H15N3O4S/c1-20-10-4-2-3-9(10)14-11-8(12(16)17)5-7(6-13-11)15(18)19/h5-6,9-10H,2-4H2,1H3,(H,13,14)(H,16,17). The van der Waals surface area contributed by atoms with Crippen LogP contribution in [0.1, 0.15) is 29.6 Å². The maximum Gasteiger partial charge on any atom is 0.339 e. The number of pyridine rings is 1. The van der Waals surface area contributed by atoms with Gasteiger partial charge in [-0.2, -0.15) is 11.8 Å². The van der Waals surface area contributed by atoms with Gasteiger partial charge in [0, 0.05) is 17.4 Å². The normalized spacial score (nSPS) is 21.6. The molecule has 0 aromatic carbocycles. The van der Waals surface area contributed by atoms with Crippen LogP contribution in [-0.4, -0.2) is 38.5 Å². The lowest BCUT2D eigenvalue weighted by atomic mass is 10.2. The average Bonchev–Trinajstić information content (AvgIpc) is 2.85. The number of carboxylic acid groups (broad SMARTS) is 1. The van der Waals surface area contributed by atoms with Gasteiger partial charge in [-0.05, 0) is 19.1 Å². The average molecular weight is 297 g/mol. The van der Waals surface area contributed by atoms with Crippen LogP contribution in [0.2, 0.25) is 0 Å². The van der Waals surface area contributed by atoms with Crippen LogP contribution in [0.3, 0.4) is 0 Å². The van der Waals surface area contributed by atoms with Gasteiger partial charge < -0.3 is 10.4 Å². The Morgan fingerprint density at radius 3 is 2.95 bits per heavy atom. The molecule has 2 rings (SSSR count). The minimum atomic E-state index is -1.22. The van der Waals surface area contributed by atoms with E-state index in [1.165, 1.54) is 0 Å². The highest BCUT2D eigenvalue weighted by Gasteiger charge is 2.28. The number of aromatic nitrogens is 1. The zero-order chi connectivity index (χ0) is 14.7. The maximum absolute atomic E-state index is 11.2. The molecule has 1 aliphatic carbocycles. The Morgan fingerprint density at radius 1 is 1.60 bits per heavy atom. The number of carbonyl (C=O) groups is 1. The summed E-state index contributed by atoms with van der Waals surface area (Å²) >= 11 is 1.74. The minimum absolute atomic E-state index is 0.150. The minimum Gasteiger partial charge on any atom is -0.478 e. The molecular formula is C12H15N3O4S. The summed E-state index contributed by atoms with van der Waals surface area (Å²) in [5, 5.41) is 23.4.